The van der Waals surface area contributed by atoms with Gasteiger partial charge in [-0.2, -0.15) is 11.8 Å². The fraction of sp³-hybridized carbons (Fsp3) is 0.526. The van der Waals surface area contributed by atoms with Crippen LogP contribution in [0.25, 0.3) is 0 Å². The molecule has 1 unspecified atom stereocenters. The van der Waals surface area contributed by atoms with Crippen LogP contribution in [0.4, 0.5) is 17.5 Å². The molecule has 26 heavy (non-hydrogen) atoms. The lowest BCUT2D eigenvalue weighted by atomic mass is 10.1. The Morgan fingerprint density at radius 3 is 2.73 bits per heavy atom. The van der Waals surface area contributed by atoms with Crippen LogP contribution >= 0.6 is 11.8 Å². The number of rotatable bonds is 5. The van der Waals surface area contributed by atoms with Crippen LogP contribution in [0.15, 0.2) is 30.6 Å². The second kappa shape index (κ2) is 8.12. The van der Waals surface area contributed by atoms with Gasteiger partial charge in [-0.05, 0) is 31.4 Å². The summed E-state index contributed by atoms with van der Waals surface area (Å²) in [4.78, 5) is 18.3. The van der Waals surface area contributed by atoms with Gasteiger partial charge in [0.1, 0.15) is 23.8 Å². The van der Waals surface area contributed by atoms with Crippen molar-refractivity contribution in [2.45, 2.75) is 13.3 Å². The molecule has 2 aliphatic rings. The van der Waals surface area contributed by atoms with Crippen LogP contribution in [0.5, 0.6) is 0 Å². The average Bonchev–Trinajstić information content (AvgIpc) is 3.16. The van der Waals surface area contributed by atoms with Gasteiger partial charge in [-0.15, -0.1) is 0 Å². The van der Waals surface area contributed by atoms with Crippen molar-refractivity contribution in [2.24, 2.45) is 5.92 Å². The molecule has 0 amide bonds. The summed E-state index contributed by atoms with van der Waals surface area (Å²) < 4.78 is 0. The van der Waals surface area contributed by atoms with E-state index in [1.165, 1.54) is 17.9 Å². The number of pyridine rings is 1. The maximum absolute atomic E-state index is 4.53. The van der Waals surface area contributed by atoms with E-state index >= 15 is 0 Å². The molecule has 2 saturated heterocycles. The maximum Gasteiger partial charge on any atom is 0.134 e. The number of hydrogen-bond donors (Lipinski definition) is 1. The molecule has 1 atom stereocenters. The molecule has 2 aromatic rings. The normalized spacial score (nSPS) is 20.4. The van der Waals surface area contributed by atoms with E-state index in [2.05, 4.69) is 36.1 Å². The van der Waals surface area contributed by atoms with Crippen molar-refractivity contribution < 1.29 is 0 Å². The van der Waals surface area contributed by atoms with Gasteiger partial charge in [0.25, 0.3) is 0 Å². The van der Waals surface area contributed by atoms with E-state index in [0.29, 0.717) is 5.92 Å². The molecule has 2 fully saturated rings. The average molecular weight is 371 g/mol. The summed E-state index contributed by atoms with van der Waals surface area (Å²) in [5.41, 5.74) is 1.05. The third-order valence-corrected chi connectivity index (χ3v) is 5.99. The van der Waals surface area contributed by atoms with Crippen molar-refractivity contribution in [1.29, 1.82) is 0 Å². The first kappa shape index (κ1) is 17.4. The highest BCUT2D eigenvalue weighted by atomic mass is 32.2. The summed E-state index contributed by atoms with van der Waals surface area (Å²) in [5, 5.41) is 3.48. The SMILES string of the molecule is Cc1cccc(NCC2CCN(c3cc(N4CCSCC4)ncn3)C2)n1. The third kappa shape index (κ3) is 4.20. The van der Waals surface area contributed by atoms with Gasteiger partial charge in [0.2, 0.25) is 0 Å². The predicted octanol–water partition coefficient (Wildman–Crippen LogP) is 2.67. The van der Waals surface area contributed by atoms with E-state index in [-0.39, 0.29) is 0 Å². The van der Waals surface area contributed by atoms with Crippen LogP contribution in [-0.2, 0) is 0 Å². The molecule has 0 spiro atoms. The highest BCUT2D eigenvalue weighted by molar-refractivity contribution is 7.99. The Balaban J connectivity index is 1.34. The van der Waals surface area contributed by atoms with E-state index < -0.39 is 0 Å². The van der Waals surface area contributed by atoms with Gasteiger partial charge in [-0.25, -0.2) is 15.0 Å². The molecule has 2 aliphatic heterocycles. The molecule has 7 heteroatoms. The molecule has 0 bridgehead atoms. The summed E-state index contributed by atoms with van der Waals surface area (Å²) in [6, 6.07) is 8.27. The van der Waals surface area contributed by atoms with Crippen molar-refractivity contribution in [2.75, 3.05) is 59.3 Å². The molecule has 138 valence electrons. The highest BCUT2D eigenvalue weighted by Crippen LogP contribution is 2.25. The number of aromatic nitrogens is 3. The Kier molecular flexibility index (Phi) is 5.43. The summed E-state index contributed by atoms with van der Waals surface area (Å²) in [7, 11) is 0. The second-order valence-electron chi connectivity index (χ2n) is 6.98. The highest BCUT2D eigenvalue weighted by Gasteiger charge is 2.24. The Labute approximate surface area is 159 Å². The molecule has 0 aliphatic carbocycles. The van der Waals surface area contributed by atoms with Crippen molar-refractivity contribution in [1.82, 2.24) is 15.0 Å². The van der Waals surface area contributed by atoms with E-state index in [0.717, 1.165) is 55.9 Å². The largest absolute Gasteiger partial charge is 0.370 e. The smallest absolute Gasteiger partial charge is 0.134 e. The number of anilines is 3. The van der Waals surface area contributed by atoms with Crippen molar-refractivity contribution in [3.63, 3.8) is 0 Å². The number of nitrogens with one attached hydrogen (secondary N) is 1. The first-order valence-corrected chi connectivity index (χ1v) is 10.5. The molecular weight excluding hydrogens is 344 g/mol. The monoisotopic (exact) mass is 370 g/mol. The molecule has 0 saturated carbocycles. The lowest BCUT2D eigenvalue weighted by Crippen LogP contribution is -2.33. The van der Waals surface area contributed by atoms with Crippen molar-refractivity contribution in [3.8, 4) is 0 Å². The molecule has 2 aromatic heterocycles. The summed E-state index contributed by atoms with van der Waals surface area (Å²) >= 11 is 2.02. The Bertz CT molecular complexity index is 733. The van der Waals surface area contributed by atoms with Crippen LogP contribution in [0, 0.1) is 12.8 Å². The van der Waals surface area contributed by atoms with E-state index in [9.17, 15) is 0 Å². The van der Waals surface area contributed by atoms with Crippen LogP contribution in [0.1, 0.15) is 12.1 Å². The van der Waals surface area contributed by atoms with Crippen LogP contribution in [-0.4, -0.2) is 59.2 Å². The fourth-order valence-electron chi connectivity index (χ4n) is 3.57. The van der Waals surface area contributed by atoms with E-state index in [4.69, 9.17) is 0 Å². The first-order valence-electron chi connectivity index (χ1n) is 9.35. The van der Waals surface area contributed by atoms with Gasteiger partial charge in [-0.3, -0.25) is 0 Å². The number of hydrogen-bond acceptors (Lipinski definition) is 7. The molecule has 4 rings (SSSR count). The zero-order valence-corrected chi connectivity index (χ0v) is 16.1. The maximum atomic E-state index is 4.53. The molecule has 4 heterocycles. The third-order valence-electron chi connectivity index (χ3n) is 5.04. The summed E-state index contributed by atoms with van der Waals surface area (Å²) in [5.74, 6) is 6.08. The minimum Gasteiger partial charge on any atom is -0.370 e. The lowest BCUT2D eigenvalue weighted by molar-refractivity contribution is 0.620. The topological polar surface area (TPSA) is 57.2 Å². The summed E-state index contributed by atoms with van der Waals surface area (Å²) in [6.45, 7) is 7.23. The van der Waals surface area contributed by atoms with Crippen molar-refractivity contribution in [3.05, 3.63) is 36.3 Å². The standard InChI is InChI=1S/C19H26N6S/c1-15-3-2-4-17(23-15)20-12-16-5-6-25(13-16)19-11-18(21-14-22-19)24-7-9-26-10-8-24/h2-4,11,14,16H,5-10,12-13H2,1H3,(H,20,23). The number of nitrogens with zero attached hydrogens (tertiary/aromatic N) is 5. The minimum absolute atomic E-state index is 0.613. The predicted molar refractivity (Wildman–Crippen MR) is 109 cm³/mol. The van der Waals surface area contributed by atoms with E-state index in [1.54, 1.807) is 6.33 Å². The Morgan fingerprint density at radius 2 is 1.92 bits per heavy atom. The van der Waals surface area contributed by atoms with Gasteiger partial charge in [0.15, 0.2) is 0 Å². The lowest BCUT2D eigenvalue weighted by Gasteiger charge is -2.28. The first-order chi connectivity index (χ1) is 12.8. The van der Waals surface area contributed by atoms with Gasteiger partial charge in [0.05, 0.1) is 0 Å². The fourth-order valence-corrected chi connectivity index (χ4v) is 4.48. The number of thioether (sulfide) groups is 1. The zero-order chi connectivity index (χ0) is 17.8. The van der Waals surface area contributed by atoms with Crippen LogP contribution < -0.4 is 15.1 Å². The number of aryl methyl sites for hydroxylation is 1. The second-order valence-corrected chi connectivity index (χ2v) is 8.20. The zero-order valence-electron chi connectivity index (χ0n) is 15.3. The quantitative estimate of drug-likeness (QED) is 0.868. The van der Waals surface area contributed by atoms with Gasteiger partial charge >= 0.3 is 0 Å². The molecular formula is C19H26N6S. The summed E-state index contributed by atoms with van der Waals surface area (Å²) in [6.07, 6.45) is 2.90. The molecule has 0 aromatic carbocycles. The van der Waals surface area contributed by atoms with Crippen LogP contribution in [0.3, 0.4) is 0 Å². The van der Waals surface area contributed by atoms with Crippen LogP contribution in [0.2, 0.25) is 0 Å². The molecule has 1 N–H and O–H groups in total. The van der Waals surface area contributed by atoms with Gasteiger partial charge in [0, 0.05) is 56.0 Å². The van der Waals surface area contributed by atoms with E-state index in [1.807, 2.05) is 36.9 Å². The van der Waals surface area contributed by atoms with Gasteiger partial charge in [-0.1, -0.05) is 6.07 Å². The van der Waals surface area contributed by atoms with Gasteiger partial charge < -0.3 is 15.1 Å². The minimum atomic E-state index is 0.613. The molecule has 6 nitrogen and oxygen atoms in total. The molecule has 0 radical (unpaired) electrons. The Morgan fingerprint density at radius 1 is 1.12 bits per heavy atom. The van der Waals surface area contributed by atoms with Crippen molar-refractivity contribution >= 4 is 29.2 Å². The Hall–Kier alpha value is -2.02.